The maximum absolute atomic E-state index is 9.07. The van der Waals surface area contributed by atoms with Crippen LogP contribution in [0.25, 0.3) is 0 Å². The quantitative estimate of drug-likeness (QED) is 0.783. The molecule has 0 amide bonds. The second kappa shape index (κ2) is 5.31. The molecule has 0 heterocycles. The lowest BCUT2D eigenvalue weighted by Gasteiger charge is -2.14. The average molecular weight is 249 g/mol. The van der Waals surface area contributed by atoms with Gasteiger partial charge in [-0.3, -0.25) is 0 Å². The SMILES string of the molecule is C=C(O)CCOc1c(OC)ccc2c1CC(N)C2. The molecule has 0 bridgehead atoms. The monoisotopic (exact) mass is 249 g/mol. The molecule has 0 radical (unpaired) electrons. The standard InChI is InChI=1S/C14H19NO3/c1-9(16)5-6-18-14-12-8-11(15)7-10(12)3-4-13(14)17-2/h3-4,11,16H,1,5-8,15H2,2H3. The van der Waals surface area contributed by atoms with Gasteiger partial charge in [0.25, 0.3) is 0 Å². The van der Waals surface area contributed by atoms with E-state index in [4.69, 9.17) is 20.3 Å². The van der Waals surface area contributed by atoms with Crippen LogP contribution in [-0.2, 0) is 12.8 Å². The first-order valence-electron chi connectivity index (χ1n) is 6.05. The summed E-state index contributed by atoms with van der Waals surface area (Å²) in [7, 11) is 1.62. The number of benzene rings is 1. The summed E-state index contributed by atoms with van der Waals surface area (Å²) in [6, 6.07) is 4.10. The average Bonchev–Trinajstić information content (AvgIpc) is 2.69. The zero-order chi connectivity index (χ0) is 13.1. The first kappa shape index (κ1) is 12.8. The van der Waals surface area contributed by atoms with Crippen molar-refractivity contribution >= 4 is 0 Å². The van der Waals surface area contributed by atoms with Gasteiger partial charge in [-0.05, 0) is 24.5 Å². The van der Waals surface area contributed by atoms with Crippen LogP contribution >= 0.6 is 0 Å². The van der Waals surface area contributed by atoms with Crippen LogP contribution in [0.15, 0.2) is 24.5 Å². The van der Waals surface area contributed by atoms with Gasteiger partial charge in [-0.25, -0.2) is 0 Å². The first-order valence-corrected chi connectivity index (χ1v) is 6.05. The number of rotatable bonds is 5. The Morgan fingerprint density at radius 1 is 1.50 bits per heavy atom. The molecule has 0 aliphatic heterocycles. The minimum Gasteiger partial charge on any atom is -0.513 e. The van der Waals surface area contributed by atoms with Gasteiger partial charge in [0.2, 0.25) is 0 Å². The third-order valence-electron chi connectivity index (χ3n) is 3.13. The van der Waals surface area contributed by atoms with E-state index >= 15 is 0 Å². The fourth-order valence-electron chi connectivity index (χ4n) is 2.27. The van der Waals surface area contributed by atoms with Crippen LogP contribution < -0.4 is 15.2 Å². The van der Waals surface area contributed by atoms with Crippen molar-refractivity contribution in [2.24, 2.45) is 5.73 Å². The zero-order valence-electron chi connectivity index (χ0n) is 10.6. The van der Waals surface area contributed by atoms with Crippen LogP contribution in [0.1, 0.15) is 17.5 Å². The van der Waals surface area contributed by atoms with Crippen molar-refractivity contribution in [3.8, 4) is 11.5 Å². The highest BCUT2D eigenvalue weighted by atomic mass is 16.5. The molecule has 1 atom stereocenters. The third kappa shape index (κ3) is 2.59. The van der Waals surface area contributed by atoms with Crippen LogP contribution in [0, 0.1) is 0 Å². The summed E-state index contributed by atoms with van der Waals surface area (Å²) >= 11 is 0. The molecule has 1 aliphatic rings. The Kier molecular flexibility index (Phi) is 3.77. The summed E-state index contributed by atoms with van der Waals surface area (Å²) in [4.78, 5) is 0. The van der Waals surface area contributed by atoms with Gasteiger partial charge in [0.15, 0.2) is 11.5 Å². The van der Waals surface area contributed by atoms with Crippen molar-refractivity contribution in [1.82, 2.24) is 0 Å². The van der Waals surface area contributed by atoms with Crippen LogP contribution in [0.4, 0.5) is 0 Å². The molecule has 2 rings (SSSR count). The van der Waals surface area contributed by atoms with Crippen molar-refractivity contribution in [2.75, 3.05) is 13.7 Å². The van der Waals surface area contributed by atoms with Crippen molar-refractivity contribution < 1.29 is 14.6 Å². The molecule has 4 heteroatoms. The van der Waals surface area contributed by atoms with Crippen molar-refractivity contribution in [3.63, 3.8) is 0 Å². The Morgan fingerprint density at radius 2 is 2.28 bits per heavy atom. The summed E-state index contributed by atoms with van der Waals surface area (Å²) in [6.45, 7) is 3.82. The Labute approximate surface area is 107 Å². The van der Waals surface area contributed by atoms with Crippen LogP contribution in [-0.4, -0.2) is 24.9 Å². The van der Waals surface area contributed by atoms with Gasteiger partial charge in [-0.1, -0.05) is 12.6 Å². The van der Waals surface area contributed by atoms with Gasteiger partial charge in [0.05, 0.1) is 19.5 Å². The van der Waals surface area contributed by atoms with Crippen molar-refractivity contribution in [3.05, 3.63) is 35.6 Å². The molecule has 1 aromatic rings. The second-order valence-electron chi connectivity index (χ2n) is 4.57. The third-order valence-corrected chi connectivity index (χ3v) is 3.13. The highest BCUT2D eigenvalue weighted by Gasteiger charge is 2.24. The number of hydrogen-bond acceptors (Lipinski definition) is 4. The van der Waals surface area contributed by atoms with E-state index in [2.05, 4.69) is 6.58 Å². The molecule has 1 aliphatic carbocycles. The molecule has 18 heavy (non-hydrogen) atoms. The highest BCUT2D eigenvalue weighted by molar-refractivity contribution is 5.53. The van der Waals surface area contributed by atoms with E-state index in [-0.39, 0.29) is 11.8 Å². The fourth-order valence-corrected chi connectivity index (χ4v) is 2.27. The van der Waals surface area contributed by atoms with Gasteiger partial charge in [0, 0.05) is 18.0 Å². The van der Waals surface area contributed by atoms with Crippen LogP contribution in [0.2, 0.25) is 0 Å². The molecular weight excluding hydrogens is 230 g/mol. The molecule has 98 valence electrons. The number of methoxy groups -OCH3 is 1. The van der Waals surface area contributed by atoms with E-state index in [1.807, 2.05) is 12.1 Å². The summed E-state index contributed by atoms with van der Waals surface area (Å²) < 4.78 is 11.0. The largest absolute Gasteiger partial charge is 0.513 e. The first-order chi connectivity index (χ1) is 8.61. The predicted octanol–water partition coefficient (Wildman–Crippen LogP) is 1.96. The van der Waals surface area contributed by atoms with E-state index in [0.29, 0.717) is 18.8 Å². The summed E-state index contributed by atoms with van der Waals surface area (Å²) in [6.07, 6.45) is 2.10. The van der Waals surface area contributed by atoms with Gasteiger partial charge in [-0.15, -0.1) is 0 Å². The number of aliphatic hydroxyl groups is 1. The molecule has 0 aromatic heterocycles. The smallest absolute Gasteiger partial charge is 0.164 e. The number of hydrogen-bond donors (Lipinski definition) is 2. The molecule has 0 saturated carbocycles. The molecule has 3 N–H and O–H groups in total. The second-order valence-corrected chi connectivity index (χ2v) is 4.57. The highest BCUT2D eigenvalue weighted by Crippen LogP contribution is 2.38. The number of ether oxygens (including phenoxy) is 2. The molecule has 1 unspecified atom stereocenters. The Balaban J connectivity index is 2.21. The lowest BCUT2D eigenvalue weighted by molar-refractivity contribution is 0.271. The number of nitrogens with two attached hydrogens (primary N) is 1. The van der Waals surface area contributed by atoms with Crippen LogP contribution in [0.3, 0.4) is 0 Å². The van der Waals surface area contributed by atoms with Gasteiger partial charge in [-0.2, -0.15) is 0 Å². The normalized spacial score (nSPS) is 17.3. The topological polar surface area (TPSA) is 64.7 Å². The molecule has 1 aromatic carbocycles. The Morgan fingerprint density at radius 3 is 2.94 bits per heavy atom. The summed E-state index contributed by atoms with van der Waals surface area (Å²) in [5, 5.41) is 9.07. The van der Waals surface area contributed by atoms with Crippen molar-refractivity contribution in [2.45, 2.75) is 25.3 Å². The van der Waals surface area contributed by atoms with Crippen molar-refractivity contribution in [1.29, 1.82) is 0 Å². The van der Waals surface area contributed by atoms with E-state index in [1.54, 1.807) is 7.11 Å². The minimum absolute atomic E-state index is 0.123. The lowest BCUT2D eigenvalue weighted by atomic mass is 10.1. The van der Waals surface area contributed by atoms with E-state index in [9.17, 15) is 0 Å². The van der Waals surface area contributed by atoms with Gasteiger partial charge < -0.3 is 20.3 Å². The molecule has 4 nitrogen and oxygen atoms in total. The molecule has 0 fully saturated rings. The fraction of sp³-hybridized carbons (Fsp3) is 0.429. The minimum atomic E-state index is 0.123. The molecular formula is C14H19NO3. The number of aliphatic hydroxyl groups excluding tert-OH is 1. The maximum Gasteiger partial charge on any atom is 0.164 e. The molecule has 0 saturated heterocycles. The Bertz CT molecular complexity index is 457. The summed E-state index contributed by atoms with van der Waals surface area (Å²) in [5.74, 6) is 1.59. The summed E-state index contributed by atoms with van der Waals surface area (Å²) in [5.41, 5.74) is 8.33. The zero-order valence-corrected chi connectivity index (χ0v) is 10.6. The maximum atomic E-state index is 9.07. The lowest BCUT2D eigenvalue weighted by Crippen LogP contribution is -2.19. The van der Waals surface area contributed by atoms with Gasteiger partial charge >= 0.3 is 0 Å². The Hall–Kier alpha value is -1.68. The van der Waals surface area contributed by atoms with E-state index in [1.165, 1.54) is 5.56 Å². The molecule has 0 spiro atoms. The number of fused-ring (bicyclic) bond motifs is 1. The van der Waals surface area contributed by atoms with E-state index in [0.717, 1.165) is 24.2 Å². The van der Waals surface area contributed by atoms with E-state index < -0.39 is 0 Å². The van der Waals surface area contributed by atoms with Gasteiger partial charge in [0.1, 0.15) is 0 Å². The predicted molar refractivity (Wildman–Crippen MR) is 70.3 cm³/mol. The van der Waals surface area contributed by atoms with Crippen LogP contribution in [0.5, 0.6) is 11.5 Å².